The van der Waals surface area contributed by atoms with E-state index in [2.05, 4.69) is 25.7 Å². The van der Waals surface area contributed by atoms with Crippen molar-refractivity contribution in [3.63, 3.8) is 0 Å². The molecule has 0 aliphatic carbocycles. The average Bonchev–Trinajstić information content (AvgIpc) is 2.40. The van der Waals surface area contributed by atoms with Gasteiger partial charge in [0, 0.05) is 12.1 Å². The molecule has 1 heteroatoms. The largest absolute Gasteiger partial charge is 0.295 e. The van der Waals surface area contributed by atoms with E-state index >= 15 is 0 Å². The first-order chi connectivity index (χ1) is 3.81. The van der Waals surface area contributed by atoms with Crippen molar-refractivity contribution >= 4 is 0 Å². The van der Waals surface area contributed by atoms with Gasteiger partial charge in [-0.2, -0.15) is 0 Å². The molecule has 0 aromatic carbocycles. The molecule has 3 unspecified atom stereocenters. The van der Waals surface area contributed by atoms with Crippen LogP contribution in [-0.4, -0.2) is 23.5 Å². The Labute approximate surface area is 51.7 Å². The van der Waals surface area contributed by atoms with E-state index < -0.39 is 0 Å². The molecule has 1 aliphatic heterocycles. The van der Waals surface area contributed by atoms with Gasteiger partial charge >= 0.3 is 0 Å². The van der Waals surface area contributed by atoms with Gasteiger partial charge in [-0.05, 0) is 19.9 Å². The molecular formula is C7H15N. The van der Waals surface area contributed by atoms with Crippen molar-refractivity contribution in [1.29, 1.82) is 0 Å². The summed E-state index contributed by atoms with van der Waals surface area (Å²) in [6.07, 6.45) is 1.33. The molecule has 1 fully saturated rings. The zero-order valence-electron chi connectivity index (χ0n) is 6.02. The maximum Gasteiger partial charge on any atom is 0.0249 e. The van der Waals surface area contributed by atoms with Gasteiger partial charge in [0.1, 0.15) is 0 Å². The Bertz CT molecular complexity index is 70.5. The highest BCUT2D eigenvalue weighted by Crippen LogP contribution is 2.28. The SMILES string of the molecule is CCC1C(C)N1CC. The lowest BCUT2D eigenvalue weighted by Gasteiger charge is -1.91. The van der Waals surface area contributed by atoms with E-state index in [1.165, 1.54) is 13.0 Å². The lowest BCUT2D eigenvalue weighted by atomic mass is 10.3. The van der Waals surface area contributed by atoms with E-state index in [0.717, 1.165) is 12.1 Å². The number of rotatable bonds is 2. The standard InChI is InChI=1S/C7H15N/c1-4-7-6(3)8(7)5-2/h6-7H,4-5H2,1-3H3. The van der Waals surface area contributed by atoms with Crippen molar-refractivity contribution in [2.45, 2.75) is 39.3 Å². The third kappa shape index (κ3) is 0.752. The van der Waals surface area contributed by atoms with Crippen molar-refractivity contribution in [2.24, 2.45) is 0 Å². The fourth-order valence-corrected chi connectivity index (χ4v) is 1.58. The minimum absolute atomic E-state index is 0.880. The van der Waals surface area contributed by atoms with E-state index in [1.54, 1.807) is 0 Å². The van der Waals surface area contributed by atoms with Crippen LogP contribution in [0.5, 0.6) is 0 Å². The monoisotopic (exact) mass is 113 g/mol. The normalized spacial score (nSPS) is 44.6. The van der Waals surface area contributed by atoms with Gasteiger partial charge in [-0.1, -0.05) is 13.8 Å². The van der Waals surface area contributed by atoms with E-state index in [0.29, 0.717) is 0 Å². The van der Waals surface area contributed by atoms with Crippen molar-refractivity contribution in [3.8, 4) is 0 Å². The Kier molecular flexibility index (Phi) is 1.57. The van der Waals surface area contributed by atoms with Crippen LogP contribution in [0.1, 0.15) is 27.2 Å². The molecule has 48 valence electrons. The summed E-state index contributed by atoms with van der Waals surface area (Å²) in [6.45, 7) is 8.03. The lowest BCUT2D eigenvalue weighted by molar-refractivity contribution is 0.507. The Hall–Kier alpha value is -0.0400. The third-order valence-electron chi connectivity index (χ3n) is 2.20. The second kappa shape index (κ2) is 2.06. The summed E-state index contributed by atoms with van der Waals surface area (Å²) in [5, 5.41) is 0. The highest BCUT2D eigenvalue weighted by molar-refractivity contribution is 4.96. The van der Waals surface area contributed by atoms with Crippen LogP contribution in [0.3, 0.4) is 0 Å². The number of nitrogens with zero attached hydrogens (tertiary/aromatic N) is 1. The van der Waals surface area contributed by atoms with Crippen LogP contribution in [0, 0.1) is 0 Å². The summed E-state index contributed by atoms with van der Waals surface area (Å²) >= 11 is 0. The van der Waals surface area contributed by atoms with E-state index in [4.69, 9.17) is 0 Å². The lowest BCUT2D eigenvalue weighted by Crippen LogP contribution is -1.98. The summed E-state index contributed by atoms with van der Waals surface area (Å²) in [4.78, 5) is 2.51. The summed E-state index contributed by atoms with van der Waals surface area (Å²) in [7, 11) is 0. The minimum Gasteiger partial charge on any atom is -0.295 e. The van der Waals surface area contributed by atoms with Crippen molar-refractivity contribution in [3.05, 3.63) is 0 Å². The van der Waals surface area contributed by atoms with Crippen LogP contribution in [0.4, 0.5) is 0 Å². The van der Waals surface area contributed by atoms with Crippen LogP contribution in [-0.2, 0) is 0 Å². The number of hydrogen-bond donors (Lipinski definition) is 0. The molecule has 0 spiro atoms. The van der Waals surface area contributed by atoms with Crippen molar-refractivity contribution < 1.29 is 0 Å². The topological polar surface area (TPSA) is 3.01 Å². The average molecular weight is 113 g/mol. The van der Waals surface area contributed by atoms with Gasteiger partial charge < -0.3 is 0 Å². The van der Waals surface area contributed by atoms with Crippen LogP contribution in [0.25, 0.3) is 0 Å². The molecule has 0 amide bonds. The molecule has 8 heavy (non-hydrogen) atoms. The van der Waals surface area contributed by atoms with Gasteiger partial charge in [0.15, 0.2) is 0 Å². The fourth-order valence-electron chi connectivity index (χ4n) is 1.58. The number of hydrogen-bond acceptors (Lipinski definition) is 1. The highest BCUT2D eigenvalue weighted by Gasteiger charge is 2.39. The molecule has 3 atom stereocenters. The second-order valence-corrected chi connectivity index (χ2v) is 2.55. The molecule has 1 rings (SSSR count). The fraction of sp³-hybridized carbons (Fsp3) is 1.00. The molecule has 0 N–H and O–H groups in total. The number of likely N-dealkylation sites (N-methyl/N-ethyl adjacent to an activating group) is 1. The van der Waals surface area contributed by atoms with Gasteiger partial charge in [0.25, 0.3) is 0 Å². The van der Waals surface area contributed by atoms with Crippen LogP contribution in [0.15, 0.2) is 0 Å². The summed E-state index contributed by atoms with van der Waals surface area (Å²) < 4.78 is 0. The quantitative estimate of drug-likeness (QED) is 0.490. The van der Waals surface area contributed by atoms with Crippen molar-refractivity contribution in [1.82, 2.24) is 4.90 Å². The Balaban J connectivity index is 2.23. The Morgan fingerprint density at radius 2 is 2.00 bits per heavy atom. The van der Waals surface area contributed by atoms with Crippen LogP contribution < -0.4 is 0 Å². The van der Waals surface area contributed by atoms with Crippen LogP contribution >= 0.6 is 0 Å². The summed E-state index contributed by atoms with van der Waals surface area (Å²) in [5.41, 5.74) is 0. The molecule has 0 aromatic rings. The summed E-state index contributed by atoms with van der Waals surface area (Å²) in [5.74, 6) is 0. The van der Waals surface area contributed by atoms with E-state index in [1.807, 2.05) is 0 Å². The first kappa shape index (κ1) is 6.09. The molecule has 1 nitrogen and oxygen atoms in total. The van der Waals surface area contributed by atoms with Gasteiger partial charge in [-0.3, -0.25) is 4.90 Å². The van der Waals surface area contributed by atoms with Gasteiger partial charge in [-0.25, -0.2) is 0 Å². The van der Waals surface area contributed by atoms with Crippen molar-refractivity contribution in [2.75, 3.05) is 6.54 Å². The molecule has 0 saturated carbocycles. The molecule has 1 saturated heterocycles. The predicted octanol–water partition coefficient (Wildman–Crippen LogP) is 1.49. The minimum atomic E-state index is 0.880. The third-order valence-corrected chi connectivity index (χ3v) is 2.20. The van der Waals surface area contributed by atoms with Gasteiger partial charge in [0.05, 0.1) is 0 Å². The predicted molar refractivity (Wildman–Crippen MR) is 35.9 cm³/mol. The molecule has 1 heterocycles. The molecule has 0 radical (unpaired) electrons. The molecule has 1 aliphatic rings. The van der Waals surface area contributed by atoms with Crippen LogP contribution in [0.2, 0.25) is 0 Å². The highest BCUT2D eigenvalue weighted by atomic mass is 15.3. The maximum absolute atomic E-state index is 2.51. The Morgan fingerprint density at radius 3 is 2.12 bits per heavy atom. The molecular weight excluding hydrogens is 98.1 g/mol. The van der Waals surface area contributed by atoms with E-state index in [9.17, 15) is 0 Å². The molecule has 0 bridgehead atoms. The molecule has 0 aromatic heterocycles. The first-order valence-electron chi connectivity index (χ1n) is 3.57. The second-order valence-electron chi connectivity index (χ2n) is 2.55. The zero-order chi connectivity index (χ0) is 6.15. The first-order valence-corrected chi connectivity index (χ1v) is 3.57. The van der Waals surface area contributed by atoms with E-state index in [-0.39, 0.29) is 0 Å². The van der Waals surface area contributed by atoms with Gasteiger partial charge in [-0.15, -0.1) is 0 Å². The Morgan fingerprint density at radius 1 is 1.38 bits per heavy atom. The van der Waals surface area contributed by atoms with Gasteiger partial charge in [0.2, 0.25) is 0 Å². The smallest absolute Gasteiger partial charge is 0.0249 e. The summed E-state index contributed by atoms with van der Waals surface area (Å²) in [6, 6.07) is 1.80. The maximum atomic E-state index is 2.51. The zero-order valence-corrected chi connectivity index (χ0v) is 6.02.